The molecule has 43 heavy (non-hydrogen) atoms. The Kier molecular flexibility index (Phi) is 6.79. The Bertz CT molecular complexity index is 1790. The summed E-state index contributed by atoms with van der Waals surface area (Å²) in [5.74, 6) is -1.90. The number of nitrogen functional groups attached to an aromatic ring is 1. The first-order valence-electron chi connectivity index (χ1n) is 13.9. The van der Waals surface area contributed by atoms with Crippen LogP contribution >= 0.6 is 11.3 Å². The van der Waals surface area contributed by atoms with E-state index in [1.165, 1.54) is 0 Å². The summed E-state index contributed by atoms with van der Waals surface area (Å²) in [6, 6.07) is 4.77. The highest BCUT2D eigenvalue weighted by atomic mass is 32.1. The maximum absolute atomic E-state index is 16.8. The number of aromatic nitrogens is 2. The molecule has 3 saturated heterocycles. The fourth-order valence-corrected chi connectivity index (χ4v) is 7.34. The number of hydrogen-bond acceptors (Lipinski definition) is 9. The van der Waals surface area contributed by atoms with Crippen LogP contribution in [0.1, 0.15) is 36.8 Å². The molecule has 3 N–H and O–H groups in total. The molecule has 5 heterocycles. The second kappa shape index (κ2) is 10.4. The van der Waals surface area contributed by atoms with Crippen LogP contribution < -0.4 is 20.7 Å². The molecule has 224 valence electrons. The van der Waals surface area contributed by atoms with Crippen molar-refractivity contribution in [2.45, 2.75) is 50.0 Å². The second-order valence-electron chi connectivity index (χ2n) is 11.1. The average Bonchev–Trinajstić information content (AvgIpc) is 3.51. The minimum absolute atomic E-state index is 0.0799. The molecule has 0 amide bonds. The third-order valence-electron chi connectivity index (χ3n) is 8.35. The number of nitrogens with two attached hydrogens (primary N) is 1. The topological polar surface area (TPSA) is 109 Å². The fraction of sp³-hybridized carbons (Fsp3) is 0.414. The van der Waals surface area contributed by atoms with Gasteiger partial charge in [0.25, 0.3) is 0 Å². The minimum Gasteiger partial charge on any atom is -0.460 e. The number of fused-ring (bicyclic) bond motifs is 4. The normalized spacial score (nSPS) is 21.1. The Balaban J connectivity index is 1.50. The molecule has 3 aliphatic rings. The lowest BCUT2D eigenvalue weighted by molar-refractivity contribution is -0.137. The number of nitrogens with one attached hydrogen (secondary N) is 1. The third kappa shape index (κ3) is 4.79. The number of halogens is 5. The van der Waals surface area contributed by atoms with E-state index in [1.807, 2.05) is 11.0 Å². The molecule has 0 spiro atoms. The van der Waals surface area contributed by atoms with Gasteiger partial charge in [0.15, 0.2) is 5.82 Å². The van der Waals surface area contributed by atoms with Gasteiger partial charge in [-0.1, -0.05) is 6.07 Å². The lowest BCUT2D eigenvalue weighted by Crippen LogP contribution is -2.51. The van der Waals surface area contributed by atoms with Crippen molar-refractivity contribution in [1.82, 2.24) is 15.3 Å². The fourth-order valence-electron chi connectivity index (χ4n) is 6.39. The summed E-state index contributed by atoms with van der Waals surface area (Å²) in [5, 5.41) is 12.8. The molecule has 3 fully saturated rings. The van der Waals surface area contributed by atoms with Crippen LogP contribution in [0.4, 0.5) is 32.8 Å². The molecule has 4 aromatic rings. The molecule has 2 unspecified atom stereocenters. The number of rotatable bonds is 4. The molecular formula is C29H25F5N6O2S. The van der Waals surface area contributed by atoms with E-state index < -0.39 is 28.9 Å². The predicted molar refractivity (Wildman–Crippen MR) is 151 cm³/mol. The molecule has 2 aromatic carbocycles. The summed E-state index contributed by atoms with van der Waals surface area (Å²) in [6.07, 6.45) is -2.39. The van der Waals surface area contributed by atoms with Crippen LogP contribution in [0.2, 0.25) is 0 Å². The summed E-state index contributed by atoms with van der Waals surface area (Å²) in [5.41, 5.74) is 2.91. The van der Waals surface area contributed by atoms with Gasteiger partial charge in [-0.3, -0.25) is 0 Å². The van der Waals surface area contributed by atoms with E-state index in [-0.39, 0.29) is 67.1 Å². The standard InChI is InChI=1S/C29H25F5N6O2S/c30-20-4-3-16(21-18(10-35)26(36)43-25(20)21)22-19(29(32,33)34)9-17-24(23(22)31)38-28(42-15-5-7-41-8-6-15)39-27(17)40-11-13-1-2-14(12-40)37-13/h3-4,9,13-15,37H,1-2,5-8,11-12,36H2. The number of alkyl halides is 3. The van der Waals surface area contributed by atoms with Crippen molar-refractivity contribution in [3.8, 4) is 23.2 Å². The Morgan fingerprint density at radius 3 is 2.49 bits per heavy atom. The van der Waals surface area contributed by atoms with E-state index >= 15 is 4.39 Å². The van der Waals surface area contributed by atoms with Crippen molar-refractivity contribution in [2.75, 3.05) is 36.9 Å². The van der Waals surface area contributed by atoms with Crippen molar-refractivity contribution in [3.05, 3.63) is 41.0 Å². The largest absolute Gasteiger partial charge is 0.460 e. The van der Waals surface area contributed by atoms with Crippen LogP contribution in [0, 0.1) is 23.0 Å². The zero-order valence-corrected chi connectivity index (χ0v) is 23.4. The van der Waals surface area contributed by atoms with E-state index in [1.54, 1.807) is 0 Å². The Labute approximate surface area is 246 Å². The number of piperazine rings is 1. The highest BCUT2D eigenvalue weighted by molar-refractivity contribution is 7.23. The van der Waals surface area contributed by atoms with Gasteiger partial charge in [-0.2, -0.15) is 28.4 Å². The van der Waals surface area contributed by atoms with E-state index in [4.69, 9.17) is 15.2 Å². The Morgan fingerprint density at radius 1 is 1.09 bits per heavy atom. The lowest BCUT2D eigenvalue weighted by atomic mass is 9.92. The molecule has 8 nitrogen and oxygen atoms in total. The number of thiophene rings is 1. The molecular weight excluding hydrogens is 591 g/mol. The molecule has 0 radical (unpaired) electrons. The first-order valence-corrected chi connectivity index (χ1v) is 14.7. The zero-order chi connectivity index (χ0) is 30.0. The lowest BCUT2D eigenvalue weighted by Gasteiger charge is -2.34. The number of anilines is 2. The molecule has 7 rings (SSSR count). The molecule has 3 aliphatic heterocycles. The van der Waals surface area contributed by atoms with Crippen LogP contribution in [0.3, 0.4) is 0 Å². The highest BCUT2D eigenvalue weighted by Gasteiger charge is 2.40. The maximum atomic E-state index is 16.8. The number of ether oxygens (including phenoxy) is 2. The number of nitrogens with zero attached hydrogens (tertiary/aromatic N) is 4. The third-order valence-corrected chi connectivity index (χ3v) is 9.38. The van der Waals surface area contributed by atoms with Gasteiger partial charge in [-0.15, -0.1) is 11.3 Å². The number of hydrogen-bond donors (Lipinski definition) is 2. The quantitative estimate of drug-likeness (QED) is 0.279. The van der Waals surface area contributed by atoms with Crippen molar-refractivity contribution >= 4 is 43.1 Å². The van der Waals surface area contributed by atoms with Gasteiger partial charge in [0.2, 0.25) is 0 Å². The van der Waals surface area contributed by atoms with Crippen LogP contribution in [0.25, 0.3) is 32.1 Å². The average molecular weight is 617 g/mol. The molecule has 0 aliphatic carbocycles. The summed E-state index contributed by atoms with van der Waals surface area (Å²) >= 11 is 0.719. The van der Waals surface area contributed by atoms with Crippen LogP contribution in [-0.4, -0.2) is 54.5 Å². The van der Waals surface area contributed by atoms with Crippen molar-refractivity contribution < 1.29 is 31.4 Å². The summed E-state index contributed by atoms with van der Waals surface area (Å²) in [4.78, 5) is 10.7. The maximum Gasteiger partial charge on any atom is 0.417 e. The predicted octanol–water partition coefficient (Wildman–Crippen LogP) is 5.76. The van der Waals surface area contributed by atoms with Crippen LogP contribution in [0.15, 0.2) is 18.2 Å². The van der Waals surface area contributed by atoms with Gasteiger partial charge in [-0.25, -0.2) is 8.78 Å². The van der Waals surface area contributed by atoms with Crippen molar-refractivity contribution in [2.24, 2.45) is 0 Å². The van der Waals surface area contributed by atoms with Crippen molar-refractivity contribution in [1.29, 1.82) is 5.26 Å². The van der Waals surface area contributed by atoms with Gasteiger partial charge in [0, 0.05) is 54.4 Å². The highest BCUT2D eigenvalue weighted by Crippen LogP contribution is 2.48. The van der Waals surface area contributed by atoms with E-state index in [2.05, 4.69) is 15.3 Å². The first-order chi connectivity index (χ1) is 20.6. The Morgan fingerprint density at radius 2 is 1.81 bits per heavy atom. The molecule has 2 atom stereocenters. The molecule has 14 heteroatoms. The zero-order valence-electron chi connectivity index (χ0n) is 22.6. The smallest absolute Gasteiger partial charge is 0.417 e. The van der Waals surface area contributed by atoms with Crippen LogP contribution in [-0.2, 0) is 10.9 Å². The Hall–Kier alpha value is -3.80. The van der Waals surface area contributed by atoms with E-state index in [9.17, 15) is 22.8 Å². The number of nitriles is 1. The van der Waals surface area contributed by atoms with E-state index in [0.717, 1.165) is 42.4 Å². The second-order valence-corrected chi connectivity index (χ2v) is 12.1. The summed E-state index contributed by atoms with van der Waals surface area (Å²) in [6.45, 7) is 1.88. The SMILES string of the molecule is N#Cc1c(N)sc2c(F)ccc(-c3c(C(F)(F)F)cc4c(N5CC6CCC(C5)N6)nc(OC5CCOCC5)nc4c3F)c12. The van der Waals surface area contributed by atoms with Gasteiger partial charge >= 0.3 is 12.2 Å². The van der Waals surface area contributed by atoms with Crippen molar-refractivity contribution in [3.63, 3.8) is 0 Å². The van der Waals surface area contributed by atoms with Gasteiger partial charge in [-0.05, 0) is 30.5 Å². The molecule has 0 saturated carbocycles. The number of benzene rings is 2. The van der Waals surface area contributed by atoms with Crippen LogP contribution in [0.5, 0.6) is 6.01 Å². The van der Waals surface area contributed by atoms with Gasteiger partial charge in [0.1, 0.15) is 34.3 Å². The monoisotopic (exact) mass is 616 g/mol. The molecule has 2 aromatic heterocycles. The summed E-state index contributed by atoms with van der Waals surface area (Å²) < 4.78 is 87.2. The minimum atomic E-state index is -5.02. The van der Waals surface area contributed by atoms with Gasteiger partial charge < -0.3 is 25.4 Å². The van der Waals surface area contributed by atoms with Gasteiger partial charge in [0.05, 0.1) is 29.0 Å². The first kappa shape index (κ1) is 28.0. The molecule has 2 bridgehead atoms. The van der Waals surface area contributed by atoms with E-state index in [0.29, 0.717) is 39.1 Å². The summed E-state index contributed by atoms with van der Waals surface area (Å²) in [7, 11) is 0.